The van der Waals surface area contributed by atoms with Crippen molar-refractivity contribution in [3.05, 3.63) is 46.6 Å². The molecule has 17 heavy (non-hydrogen) atoms. The van der Waals surface area contributed by atoms with Gasteiger partial charge >= 0.3 is 5.97 Å². The van der Waals surface area contributed by atoms with E-state index in [1.807, 2.05) is 18.3 Å². The van der Waals surface area contributed by atoms with Crippen LogP contribution in [0.25, 0.3) is 0 Å². The molecule has 0 amide bonds. The Kier molecular flexibility index (Phi) is 3.39. The fraction of sp³-hybridized carbons (Fsp3) is 0.167. The van der Waals surface area contributed by atoms with Crippen LogP contribution < -0.4 is 5.73 Å². The number of hydrogen-bond donors (Lipinski definition) is 2. The number of nitrogens with zero attached hydrogens (tertiary/aromatic N) is 1. The first-order valence-corrected chi connectivity index (χ1v) is 5.99. The SMILES string of the molecule is Nc1sc(CCc2cccnc2)cc1C(=O)O. The zero-order valence-electron chi connectivity index (χ0n) is 9.09. The van der Waals surface area contributed by atoms with Crippen molar-refractivity contribution in [2.24, 2.45) is 0 Å². The van der Waals surface area contributed by atoms with Gasteiger partial charge in [-0.05, 0) is 30.5 Å². The Balaban J connectivity index is 2.05. The van der Waals surface area contributed by atoms with Gasteiger partial charge in [0.1, 0.15) is 5.00 Å². The van der Waals surface area contributed by atoms with Gasteiger partial charge in [-0.3, -0.25) is 4.98 Å². The number of rotatable bonds is 4. The Morgan fingerprint density at radius 2 is 2.29 bits per heavy atom. The highest BCUT2D eigenvalue weighted by atomic mass is 32.1. The van der Waals surface area contributed by atoms with Crippen molar-refractivity contribution < 1.29 is 9.90 Å². The number of nitrogen functional groups attached to an aromatic ring is 1. The molecule has 0 radical (unpaired) electrons. The molecule has 88 valence electrons. The summed E-state index contributed by atoms with van der Waals surface area (Å²) in [4.78, 5) is 15.8. The summed E-state index contributed by atoms with van der Waals surface area (Å²) in [6.07, 6.45) is 5.17. The molecule has 0 saturated heterocycles. The van der Waals surface area contributed by atoms with Gasteiger partial charge in [-0.25, -0.2) is 4.79 Å². The lowest BCUT2D eigenvalue weighted by Gasteiger charge is -1.97. The smallest absolute Gasteiger partial charge is 0.338 e. The minimum absolute atomic E-state index is 0.205. The Hall–Kier alpha value is -1.88. The topological polar surface area (TPSA) is 76.2 Å². The van der Waals surface area contributed by atoms with Gasteiger partial charge in [0, 0.05) is 17.3 Å². The zero-order valence-corrected chi connectivity index (χ0v) is 9.91. The highest BCUT2D eigenvalue weighted by Crippen LogP contribution is 2.26. The fourth-order valence-corrected chi connectivity index (χ4v) is 2.48. The summed E-state index contributed by atoms with van der Waals surface area (Å²) < 4.78 is 0. The maximum absolute atomic E-state index is 10.8. The number of carbonyl (C=O) groups is 1. The predicted molar refractivity (Wildman–Crippen MR) is 67.3 cm³/mol. The summed E-state index contributed by atoms with van der Waals surface area (Å²) in [5.74, 6) is -0.966. The van der Waals surface area contributed by atoms with Crippen molar-refractivity contribution in [3.8, 4) is 0 Å². The quantitative estimate of drug-likeness (QED) is 0.869. The van der Waals surface area contributed by atoms with Crippen LogP contribution in [0.15, 0.2) is 30.6 Å². The summed E-state index contributed by atoms with van der Waals surface area (Å²) in [6, 6.07) is 5.54. The number of nitrogens with two attached hydrogens (primary N) is 1. The van der Waals surface area contributed by atoms with E-state index in [9.17, 15) is 4.79 Å². The van der Waals surface area contributed by atoms with Crippen molar-refractivity contribution >= 4 is 22.3 Å². The van der Waals surface area contributed by atoms with Crippen molar-refractivity contribution in [2.75, 3.05) is 5.73 Å². The van der Waals surface area contributed by atoms with Crippen molar-refractivity contribution in [3.63, 3.8) is 0 Å². The van der Waals surface area contributed by atoms with Gasteiger partial charge in [0.15, 0.2) is 0 Å². The first kappa shape index (κ1) is 11.6. The van der Waals surface area contributed by atoms with E-state index in [0.717, 1.165) is 23.3 Å². The fourth-order valence-electron chi connectivity index (χ4n) is 1.56. The van der Waals surface area contributed by atoms with Gasteiger partial charge < -0.3 is 10.8 Å². The number of pyridine rings is 1. The summed E-state index contributed by atoms with van der Waals surface area (Å²) in [6.45, 7) is 0. The van der Waals surface area contributed by atoms with Gasteiger partial charge in [0.2, 0.25) is 0 Å². The molecule has 3 N–H and O–H groups in total. The van der Waals surface area contributed by atoms with Crippen LogP contribution in [0, 0.1) is 0 Å². The van der Waals surface area contributed by atoms with E-state index in [1.165, 1.54) is 11.3 Å². The Morgan fingerprint density at radius 1 is 1.47 bits per heavy atom. The van der Waals surface area contributed by atoms with Crippen LogP contribution >= 0.6 is 11.3 Å². The predicted octanol–water partition coefficient (Wildman–Crippen LogP) is 2.21. The third-order valence-corrected chi connectivity index (χ3v) is 3.45. The first-order valence-electron chi connectivity index (χ1n) is 5.17. The second kappa shape index (κ2) is 4.97. The van der Waals surface area contributed by atoms with E-state index < -0.39 is 5.97 Å². The van der Waals surface area contributed by atoms with E-state index in [-0.39, 0.29) is 5.56 Å². The number of carboxylic acid groups (broad SMARTS) is 1. The molecule has 0 fully saturated rings. The molecular formula is C12H12N2O2S. The molecule has 0 aliphatic rings. The molecule has 4 nitrogen and oxygen atoms in total. The number of thiophene rings is 1. The lowest BCUT2D eigenvalue weighted by atomic mass is 10.1. The molecule has 0 aromatic carbocycles. The normalized spacial score (nSPS) is 10.4. The van der Waals surface area contributed by atoms with E-state index in [1.54, 1.807) is 12.3 Å². The Labute approximate surface area is 103 Å². The first-order chi connectivity index (χ1) is 8.16. The molecular weight excluding hydrogens is 236 g/mol. The van der Waals surface area contributed by atoms with Crippen LogP contribution in [0.4, 0.5) is 5.00 Å². The van der Waals surface area contributed by atoms with Gasteiger partial charge in [-0.2, -0.15) is 0 Å². The average molecular weight is 248 g/mol. The lowest BCUT2D eigenvalue weighted by molar-refractivity contribution is 0.0698. The number of carboxylic acids is 1. The van der Waals surface area contributed by atoms with Crippen LogP contribution in [-0.4, -0.2) is 16.1 Å². The molecule has 0 spiro atoms. The third-order valence-electron chi connectivity index (χ3n) is 2.43. The third kappa shape index (κ3) is 2.82. The van der Waals surface area contributed by atoms with Gasteiger partial charge in [0.25, 0.3) is 0 Å². The standard InChI is InChI=1S/C12H12N2O2S/c13-11-10(12(15)16)6-9(17-11)4-3-8-2-1-5-14-7-8/h1-2,5-7H,3-4,13H2,(H,15,16). The van der Waals surface area contributed by atoms with Gasteiger partial charge in [-0.15, -0.1) is 11.3 Å². The molecule has 2 aromatic rings. The summed E-state index contributed by atoms with van der Waals surface area (Å²) in [7, 11) is 0. The average Bonchev–Trinajstić information content (AvgIpc) is 2.69. The number of aromatic carboxylic acids is 1. The minimum atomic E-state index is -0.966. The van der Waals surface area contributed by atoms with E-state index >= 15 is 0 Å². The molecule has 2 aromatic heterocycles. The lowest BCUT2D eigenvalue weighted by Crippen LogP contribution is -1.97. The van der Waals surface area contributed by atoms with Crippen LogP contribution in [-0.2, 0) is 12.8 Å². The Bertz CT molecular complexity index is 523. The number of hydrogen-bond acceptors (Lipinski definition) is 4. The largest absolute Gasteiger partial charge is 0.478 e. The van der Waals surface area contributed by atoms with Crippen molar-refractivity contribution in [1.29, 1.82) is 0 Å². The molecule has 2 heterocycles. The highest BCUT2D eigenvalue weighted by Gasteiger charge is 2.12. The van der Waals surface area contributed by atoms with Gasteiger partial charge in [0.05, 0.1) is 5.56 Å². The molecule has 0 saturated carbocycles. The second-order valence-corrected chi connectivity index (χ2v) is 4.83. The van der Waals surface area contributed by atoms with E-state index in [4.69, 9.17) is 10.8 Å². The highest BCUT2D eigenvalue weighted by molar-refractivity contribution is 7.16. The van der Waals surface area contributed by atoms with Crippen molar-refractivity contribution in [1.82, 2.24) is 4.98 Å². The van der Waals surface area contributed by atoms with E-state index in [2.05, 4.69) is 4.98 Å². The van der Waals surface area contributed by atoms with Gasteiger partial charge in [-0.1, -0.05) is 6.07 Å². The zero-order chi connectivity index (χ0) is 12.3. The molecule has 0 bridgehead atoms. The van der Waals surface area contributed by atoms with E-state index in [0.29, 0.717) is 5.00 Å². The monoisotopic (exact) mass is 248 g/mol. The molecule has 0 unspecified atom stereocenters. The van der Waals surface area contributed by atoms with Crippen molar-refractivity contribution in [2.45, 2.75) is 12.8 Å². The Morgan fingerprint density at radius 3 is 2.88 bits per heavy atom. The summed E-state index contributed by atoms with van der Waals surface area (Å²) in [5, 5.41) is 9.25. The molecule has 0 atom stereocenters. The molecule has 5 heteroatoms. The van der Waals surface area contributed by atoms with Crippen LogP contribution in [0.2, 0.25) is 0 Å². The summed E-state index contributed by atoms with van der Waals surface area (Å²) in [5.41, 5.74) is 6.98. The maximum atomic E-state index is 10.8. The second-order valence-electron chi connectivity index (χ2n) is 3.66. The maximum Gasteiger partial charge on any atom is 0.338 e. The van der Waals surface area contributed by atoms with Crippen LogP contribution in [0.5, 0.6) is 0 Å². The molecule has 2 rings (SSSR count). The van der Waals surface area contributed by atoms with Crippen LogP contribution in [0.3, 0.4) is 0 Å². The molecule has 0 aliphatic heterocycles. The number of aryl methyl sites for hydroxylation is 2. The molecule has 0 aliphatic carbocycles. The van der Waals surface area contributed by atoms with Crippen LogP contribution in [0.1, 0.15) is 20.8 Å². The summed E-state index contributed by atoms with van der Waals surface area (Å²) >= 11 is 1.34. The minimum Gasteiger partial charge on any atom is -0.478 e. The number of aromatic nitrogens is 1. The number of anilines is 1.